The fraction of sp³-hybridized carbons (Fsp3) is 0.227. The Hall–Kier alpha value is -4.09. The topological polar surface area (TPSA) is 87.1 Å². The first kappa shape index (κ1) is 23.1. The number of furan rings is 1. The molecule has 1 aromatic carbocycles. The monoisotopic (exact) mass is 477 g/mol. The zero-order chi connectivity index (χ0) is 24.2. The maximum absolute atomic E-state index is 13.1. The van der Waals surface area contributed by atoms with Crippen LogP contribution in [0.15, 0.2) is 59.3 Å². The molecule has 4 rings (SSSR count). The van der Waals surface area contributed by atoms with Gasteiger partial charge in [0.1, 0.15) is 22.9 Å². The Morgan fingerprint density at radius 1 is 1.12 bits per heavy atom. The minimum atomic E-state index is -2.99. The van der Waals surface area contributed by atoms with E-state index in [1.807, 2.05) is 24.3 Å². The molecule has 34 heavy (non-hydrogen) atoms. The SMILES string of the molecule is COc1cccc(Cn2cc(NC(=O)c3ccc(Cn4nc(C(F)F)cc4C(F)F)o3)cn2)c1. The average Bonchev–Trinajstić information content (AvgIpc) is 3.54. The second kappa shape index (κ2) is 9.81. The van der Waals surface area contributed by atoms with Crippen molar-refractivity contribution in [3.05, 3.63) is 83.3 Å². The molecule has 0 aliphatic heterocycles. The van der Waals surface area contributed by atoms with Gasteiger partial charge < -0.3 is 14.5 Å². The summed E-state index contributed by atoms with van der Waals surface area (Å²) in [4.78, 5) is 12.5. The molecule has 3 heterocycles. The first-order valence-electron chi connectivity index (χ1n) is 10.0. The van der Waals surface area contributed by atoms with Crippen LogP contribution < -0.4 is 10.1 Å². The third-order valence-corrected chi connectivity index (χ3v) is 4.84. The predicted octanol–water partition coefficient (Wildman–Crippen LogP) is 4.91. The number of halogens is 4. The Balaban J connectivity index is 1.40. The van der Waals surface area contributed by atoms with Crippen molar-refractivity contribution in [2.75, 3.05) is 12.4 Å². The van der Waals surface area contributed by atoms with Gasteiger partial charge in [-0.1, -0.05) is 12.1 Å². The summed E-state index contributed by atoms with van der Waals surface area (Å²) in [6.45, 7) is 0.118. The van der Waals surface area contributed by atoms with Gasteiger partial charge in [0, 0.05) is 6.20 Å². The summed E-state index contributed by atoms with van der Waals surface area (Å²) in [6, 6.07) is 10.9. The molecular formula is C22H19F4N5O3. The van der Waals surface area contributed by atoms with Gasteiger partial charge in [0.05, 0.1) is 32.1 Å². The van der Waals surface area contributed by atoms with Gasteiger partial charge in [-0.3, -0.25) is 14.2 Å². The van der Waals surface area contributed by atoms with E-state index in [-0.39, 0.29) is 18.1 Å². The number of ether oxygens (including phenoxy) is 1. The highest BCUT2D eigenvalue weighted by Crippen LogP contribution is 2.26. The highest BCUT2D eigenvalue weighted by molar-refractivity contribution is 6.02. The molecule has 12 heteroatoms. The Morgan fingerprint density at radius 3 is 2.68 bits per heavy atom. The van der Waals surface area contributed by atoms with Crippen LogP contribution in [-0.2, 0) is 13.1 Å². The molecule has 4 aromatic rings. The highest BCUT2D eigenvalue weighted by atomic mass is 19.3. The fourth-order valence-corrected chi connectivity index (χ4v) is 3.26. The van der Waals surface area contributed by atoms with Crippen LogP contribution in [0.25, 0.3) is 0 Å². The average molecular weight is 477 g/mol. The number of hydrogen-bond donors (Lipinski definition) is 1. The minimum Gasteiger partial charge on any atom is -0.497 e. The van der Waals surface area contributed by atoms with Crippen LogP contribution in [0, 0.1) is 0 Å². The number of aromatic nitrogens is 4. The second-order valence-electron chi connectivity index (χ2n) is 7.25. The molecule has 0 unspecified atom stereocenters. The van der Waals surface area contributed by atoms with Gasteiger partial charge in [0.15, 0.2) is 5.76 Å². The number of anilines is 1. The van der Waals surface area contributed by atoms with E-state index in [4.69, 9.17) is 9.15 Å². The maximum atomic E-state index is 13.1. The lowest BCUT2D eigenvalue weighted by molar-refractivity contribution is 0.0994. The molecular weight excluding hydrogens is 458 g/mol. The number of benzene rings is 1. The molecule has 0 saturated carbocycles. The van der Waals surface area contributed by atoms with Crippen LogP contribution >= 0.6 is 0 Å². The lowest BCUT2D eigenvalue weighted by Crippen LogP contribution is -2.10. The molecule has 0 aliphatic carbocycles. The molecule has 0 saturated heterocycles. The normalized spacial score (nSPS) is 11.4. The van der Waals surface area contributed by atoms with Crippen LogP contribution in [0.1, 0.15) is 46.1 Å². The van der Waals surface area contributed by atoms with E-state index in [1.165, 1.54) is 18.3 Å². The van der Waals surface area contributed by atoms with Crippen LogP contribution in [-0.4, -0.2) is 32.6 Å². The largest absolute Gasteiger partial charge is 0.497 e. The lowest BCUT2D eigenvalue weighted by atomic mass is 10.2. The third-order valence-electron chi connectivity index (χ3n) is 4.84. The van der Waals surface area contributed by atoms with E-state index in [9.17, 15) is 22.4 Å². The number of amides is 1. The van der Waals surface area contributed by atoms with Crippen molar-refractivity contribution in [2.45, 2.75) is 25.9 Å². The summed E-state index contributed by atoms with van der Waals surface area (Å²) in [5, 5.41) is 10.3. The summed E-state index contributed by atoms with van der Waals surface area (Å²) >= 11 is 0. The van der Waals surface area contributed by atoms with E-state index in [1.54, 1.807) is 18.0 Å². The number of rotatable bonds is 9. The van der Waals surface area contributed by atoms with Crippen molar-refractivity contribution >= 4 is 11.6 Å². The minimum absolute atomic E-state index is 0.0876. The smallest absolute Gasteiger partial charge is 0.291 e. The fourth-order valence-electron chi connectivity index (χ4n) is 3.26. The van der Waals surface area contributed by atoms with Crippen molar-refractivity contribution < 1.29 is 31.5 Å². The molecule has 1 amide bonds. The van der Waals surface area contributed by atoms with E-state index < -0.39 is 30.1 Å². The first-order valence-corrected chi connectivity index (χ1v) is 10.0. The Bertz CT molecular complexity index is 1280. The van der Waals surface area contributed by atoms with Gasteiger partial charge in [-0.15, -0.1) is 0 Å². The number of carbonyl (C=O) groups excluding carboxylic acids is 1. The number of nitrogens with one attached hydrogen (secondary N) is 1. The molecule has 8 nitrogen and oxygen atoms in total. The lowest BCUT2D eigenvalue weighted by Gasteiger charge is -2.05. The molecule has 0 fully saturated rings. The van der Waals surface area contributed by atoms with Crippen LogP contribution in [0.4, 0.5) is 23.2 Å². The molecule has 0 radical (unpaired) electrons. The van der Waals surface area contributed by atoms with E-state index in [2.05, 4.69) is 15.5 Å². The molecule has 0 spiro atoms. The van der Waals surface area contributed by atoms with E-state index in [0.717, 1.165) is 10.2 Å². The van der Waals surface area contributed by atoms with E-state index >= 15 is 0 Å². The first-order chi connectivity index (χ1) is 16.3. The summed E-state index contributed by atoms with van der Waals surface area (Å²) in [7, 11) is 1.58. The van der Waals surface area contributed by atoms with E-state index in [0.29, 0.717) is 24.0 Å². The van der Waals surface area contributed by atoms with Crippen LogP contribution in [0.2, 0.25) is 0 Å². The van der Waals surface area contributed by atoms with Crippen molar-refractivity contribution in [3.8, 4) is 5.75 Å². The van der Waals surface area contributed by atoms with Gasteiger partial charge in [-0.05, 0) is 35.9 Å². The molecule has 0 aliphatic rings. The molecule has 3 aromatic heterocycles. The van der Waals surface area contributed by atoms with Gasteiger partial charge in [0.25, 0.3) is 18.8 Å². The number of carbonyl (C=O) groups is 1. The highest BCUT2D eigenvalue weighted by Gasteiger charge is 2.22. The zero-order valence-electron chi connectivity index (χ0n) is 17.8. The number of methoxy groups -OCH3 is 1. The van der Waals surface area contributed by atoms with Crippen molar-refractivity contribution in [1.29, 1.82) is 0 Å². The predicted molar refractivity (Wildman–Crippen MR) is 112 cm³/mol. The van der Waals surface area contributed by atoms with Crippen LogP contribution in [0.5, 0.6) is 5.75 Å². The van der Waals surface area contributed by atoms with Crippen molar-refractivity contribution in [3.63, 3.8) is 0 Å². The quantitative estimate of drug-likeness (QED) is 0.347. The summed E-state index contributed by atoms with van der Waals surface area (Å²) < 4.78 is 64.9. The van der Waals surface area contributed by atoms with Gasteiger partial charge in [0.2, 0.25) is 0 Å². The molecule has 0 bridgehead atoms. The Morgan fingerprint density at radius 2 is 1.94 bits per heavy atom. The zero-order valence-corrected chi connectivity index (χ0v) is 17.8. The number of alkyl halides is 4. The molecule has 1 N–H and O–H groups in total. The van der Waals surface area contributed by atoms with Crippen molar-refractivity contribution in [1.82, 2.24) is 19.6 Å². The number of hydrogen-bond acceptors (Lipinski definition) is 5. The number of nitrogens with zero attached hydrogens (tertiary/aromatic N) is 4. The molecule has 0 atom stereocenters. The standard InChI is InChI=1S/C22H19F4N5O3/c1-33-15-4-2-3-13(7-15)10-30-11-14(9-27-30)28-22(32)19-6-5-16(34-19)12-31-18(21(25)26)8-17(29-31)20(23)24/h2-9,11,20-21H,10,12H2,1H3,(H,28,32). The maximum Gasteiger partial charge on any atom is 0.291 e. The molecule has 178 valence electrons. The summed E-state index contributed by atoms with van der Waals surface area (Å²) in [6.07, 6.45) is -2.88. The van der Waals surface area contributed by atoms with Gasteiger partial charge >= 0.3 is 0 Å². The summed E-state index contributed by atoms with van der Waals surface area (Å²) in [5.41, 5.74) is -0.0563. The van der Waals surface area contributed by atoms with Gasteiger partial charge in [-0.25, -0.2) is 17.6 Å². The van der Waals surface area contributed by atoms with Crippen LogP contribution in [0.3, 0.4) is 0 Å². The van der Waals surface area contributed by atoms with Gasteiger partial charge in [-0.2, -0.15) is 10.2 Å². The Labute approximate surface area is 190 Å². The Kier molecular flexibility index (Phi) is 6.66. The van der Waals surface area contributed by atoms with Crippen molar-refractivity contribution in [2.24, 2.45) is 0 Å². The third kappa shape index (κ3) is 5.27. The summed E-state index contributed by atoms with van der Waals surface area (Å²) in [5.74, 6) is 0.142. The second-order valence-corrected chi connectivity index (χ2v) is 7.25.